The van der Waals surface area contributed by atoms with Crippen LogP contribution in [0.1, 0.15) is 12.8 Å². The van der Waals surface area contributed by atoms with Gasteiger partial charge in [0.2, 0.25) is 0 Å². The van der Waals surface area contributed by atoms with E-state index >= 15 is 0 Å². The Morgan fingerprint density at radius 3 is 2.50 bits per heavy atom. The molecule has 0 radical (unpaired) electrons. The fourth-order valence-electron chi connectivity index (χ4n) is 2.11. The number of piperazine rings is 1. The predicted octanol–water partition coefficient (Wildman–Crippen LogP) is -0.0567. The Morgan fingerprint density at radius 1 is 1.17 bits per heavy atom. The first-order chi connectivity index (χ1) is 5.86. The molecule has 2 rings (SSSR count). The molecule has 0 bridgehead atoms. The van der Waals surface area contributed by atoms with Gasteiger partial charge >= 0.3 is 0 Å². The molecule has 1 unspecified atom stereocenters. The summed E-state index contributed by atoms with van der Waals surface area (Å²) < 4.78 is 0. The van der Waals surface area contributed by atoms with Crippen LogP contribution < -0.4 is 5.32 Å². The molecule has 0 spiro atoms. The van der Waals surface area contributed by atoms with Crippen molar-refractivity contribution >= 4 is 0 Å². The molecule has 12 heavy (non-hydrogen) atoms. The molecular weight excluding hydrogens is 150 g/mol. The third-order valence-electron chi connectivity index (χ3n) is 3.01. The van der Waals surface area contributed by atoms with Crippen molar-refractivity contribution in [2.45, 2.75) is 19.0 Å². The molecule has 2 fully saturated rings. The average molecular weight is 169 g/mol. The van der Waals surface area contributed by atoms with E-state index in [1.165, 1.54) is 45.6 Å². The summed E-state index contributed by atoms with van der Waals surface area (Å²) in [5.74, 6) is 0. The molecule has 3 heteroatoms. The number of hydrogen-bond donors (Lipinski definition) is 1. The Labute approximate surface area is 74.7 Å². The third kappa shape index (κ3) is 1.79. The largest absolute Gasteiger partial charge is 0.304 e. The van der Waals surface area contributed by atoms with E-state index in [4.69, 9.17) is 0 Å². The molecule has 2 saturated heterocycles. The van der Waals surface area contributed by atoms with Crippen molar-refractivity contribution in [2.75, 3.05) is 39.8 Å². The number of likely N-dealkylation sites (N-methyl/N-ethyl adjacent to an activating group) is 1. The van der Waals surface area contributed by atoms with Gasteiger partial charge in [0.1, 0.15) is 0 Å². The monoisotopic (exact) mass is 169 g/mol. The lowest BCUT2D eigenvalue weighted by molar-refractivity contribution is 0.104. The lowest BCUT2D eigenvalue weighted by Gasteiger charge is -2.36. The van der Waals surface area contributed by atoms with Gasteiger partial charge in [0.05, 0.1) is 6.17 Å². The molecule has 1 N–H and O–H groups in total. The summed E-state index contributed by atoms with van der Waals surface area (Å²) in [6, 6.07) is 0. The van der Waals surface area contributed by atoms with E-state index in [1.54, 1.807) is 0 Å². The Bertz CT molecular complexity index is 135. The summed E-state index contributed by atoms with van der Waals surface area (Å²) in [4.78, 5) is 5.00. The highest BCUT2D eigenvalue weighted by molar-refractivity contribution is 4.79. The van der Waals surface area contributed by atoms with Gasteiger partial charge in [-0.15, -0.1) is 0 Å². The first-order valence-corrected chi connectivity index (χ1v) is 5.02. The molecule has 0 aromatic rings. The summed E-state index contributed by atoms with van der Waals surface area (Å²) in [5, 5.41) is 3.55. The summed E-state index contributed by atoms with van der Waals surface area (Å²) in [5.41, 5.74) is 0. The van der Waals surface area contributed by atoms with Crippen LogP contribution >= 0.6 is 0 Å². The molecule has 2 aliphatic rings. The predicted molar refractivity (Wildman–Crippen MR) is 50.1 cm³/mol. The van der Waals surface area contributed by atoms with Crippen LogP contribution in [0, 0.1) is 0 Å². The first kappa shape index (κ1) is 8.48. The summed E-state index contributed by atoms with van der Waals surface area (Å²) in [6.07, 6.45) is 3.40. The fraction of sp³-hybridized carbons (Fsp3) is 1.00. The molecule has 2 aliphatic heterocycles. The quantitative estimate of drug-likeness (QED) is 0.593. The maximum atomic E-state index is 3.55. The minimum atomic E-state index is 0.693. The molecule has 2 heterocycles. The van der Waals surface area contributed by atoms with E-state index in [-0.39, 0.29) is 0 Å². The van der Waals surface area contributed by atoms with E-state index in [0.29, 0.717) is 6.17 Å². The minimum Gasteiger partial charge on any atom is -0.304 e. The maximum absolute atomic E-state index is 3.55. The van der Waals surface area contributed by atoms with Crippen molar-refractivity contribution in [1.29, 1.82) is 0 Å². The second-order valence-electron chi connectivity index (χ2n) is 3.95. The minimum absolute atomic E-state index is 0.693. The summed E-state index contributed by atoms with van der Waals surface area (Å²) >= 11 is 0. The van der Waals surface area contributed by atoms with E-state index in [1.807, 2.05) is 0 Å². The molecule has 0 aromatic heterocycles. The molecule has 0 amide bonds. The normalized spacial score (nSPS) is 34.2. The van der Waals surface area contributed by atoms with Gasteiger partial charge in [0, 0.05) is 26.2 Å². The molecule has 0 aliphatic carbocycles. The maximum Gasteiger partial charge on any atom is 0.0598 e. The smallest absolute Gasteiger partial charge is 0.0598 e. The second-order valence-corrected chi connectivity index (χ2v) is 3.95. The van der Waals surface area contributed by atoms with Crippen LogP contribution in [-0.2, 0) is 0 Å². The van der Waals surface area contributed by atoms with Gasteiger partial charge in [-0.1, -0.05) is 0 Å². The third-order valence-corrected chi connectivity index (χ3v) is 3.01. The van der Waals surface area contributed by atoms with Gasteiger partial charge in [-0.2, -0.15) is 0 Å². The van der Waals surface area contributed by atoms with Crippen LogP contribution in [0.3, 0.4) is 0 Å². The summed E-state index contributed by atoms with van der Waals surface area (Å²) in [7, 11) is 2.21. The van der Waals surface area contributed by atoms with E-state index < -0.39 is 0 Å². The molecular formula is C9H19N3. The van der Waals surface area contributed by atoms with E-state index in [9.17, 15) is 0 Å². The lowest BCUT2D eigenvalue weighted by Crippen LogP contribution is -2.51. The Kier molecular flexibility index (Phi) is 2.63. The van der Waals surface area contributed by atoms with Crippen LogP contribution in [0.4, 0.5) is 0 Å². The van der Waals surface area contributed by atoms with Crippen molar-refractivity contribution in [2.24, 2.45) is 0 Å². The highest BCUT2D eigenvalue weighted by atomic mass is 15.3. The topological polar surface area (TPSA) is 18.5 Å². The van der Waals surface area contributed by atoms with Crippen LogP contribution in [0.15, 0.2) is 0 Å². The number of nitrogens with zero attached hydrogens (tertiary/aromatic N) is 2. The molecule has 0 aromatic carbocycles. The van der Waals surface area contributed by atoms with Crippen molar-refractivity contribution in [3.63, 3.8) is 0 Å². The van der Waals surface area contributed by atoms with E-state index in [0.717, 1.165) is 0 Å². The Hall–Kier alpha value is -0.120. The van der Waals surface area contributed by atoms with Gasteiger partial charge in [0.15, 0.2) is 0 Å². The van der Waals surface area contributed by atoms with Crippen molar-refractivity contribution in [3.05, 3.63) is 0 Å². The SMILES string of the molecule is CN1CCN(C2CCCN2)CC1. The standard InChI is InChI=1S/C9H19N3/c1-11-5-7-12(8-6-11)9-3-2-4-10-9/h9-10H,2-8H2,1H3. The lowest BCUT2D eigenvalue weighted by atomic mass is 10.2. The highest BCUT2D eigenvalue weighted by Gasteiger charge is 2.24. The van der Waals surface area contributed by atoms with Crippen LogP contribution in [0.25, 0.3) is 0 Å². The van der Waals surface area contributed by atoms with Gasteiger partial charge in [-0.25, -0.2) is 0 Å². The molecule has 0 saturated carbocycles. The molecule has 3 nitrogen and oxygen atoms in total. The van der Waals surface area contributed by atoms with Gasteiger partial charge in [-0.05, 0) is 26.4 Å². The van der Waals surface area contributed by atoms with E-state index in [2.05, 4.69) is 22.2 Å². The van der Waals surface area contributed by atoms with Gasteiger partial charge in [-0.3, -0.25) is 4.90 Å². The number of rotatable bonds is 1. The number of hydrogen-bond acceptors (Lipinski definition) is 3. The van der Waals surface area contributed by atoms with Crippen molar-refractivity contribution in [1.82, 2.24) is 15.1 Å². The van der Waals surface area contributed by atoms with Crippen LogP contribution in [-0.4, -0.2) is 55.7 Å². The fourth-order valence-corrected chi connectivity index (χ4v) is 2.11. The second kappa shape index (κ2) is 3.73. The van der Waals surface area contributed by atoms with Crippen molar-refractivity contribution < 1.29 is 0 Å². The van der Waals surface area contributed by atoms with Gasteiger partial charge in [0.25, 0.3) is 0 Å². The zero-order valence-electron chi connectivity index (χ0n) is 7.92. The summed E-state index contributed by atoms with van der Waals surface area (Å²) in [6.45, 7) is 6.18. The molecule has 70 valence electrons. The zero-order valence-corrected chi connectivity index (χ0v) is 7.92. The Morgan fingerprint density at radius 2 is 1.92 bits per heavy atom. The zero-order chi connectivity index (χ0) is 8.39. The van der Waals surface area contributed by atoms with Gasteiger partial charge < -0.3 is 10.2 Å². The average Bonchev–Trinajstić information content (AvgIpc) is 2.58. The highest BCUT2D eigenvalue weighted by Crippen LogP contribution is 2.12. The number of nitrogens with one attached hydrogen (secondary N) is 1. The van der Waals surface area contributed by atoms with Crippen LogP contribution in [0.5, 0.6) is 0 Å². The first-order valence-electron chi connectivity index (χ1n) is 5.02. The Balaban J connectivity index is 1.80. The van der Waals surface area contributed by atoms with Crippen molar-refractivity contribution in [3.8, 4) is 0 Å². The van der Waals surface area contributed by atoms with Crippen LogP contribution in [0.2, 0.25) is 0 Å². The molecule has 1 atom stereocenters.